The topological polar surface area (TPSA) is 49.9 Å². The molecular formula is C9H14N2O3. The van der Waals surface area contributed by atoms with E-state index in [4.69, 9.17) is 4.74 Å². The van der Waals surface area contributed by atoms with Crippen LogP contribution in [0.15, 0.2) is 0 Å². The fourth-order valence-electron chi connectivity index (χ4n) is 1.92. The third-order valence-electron chi connectivity index (χ3n) is 2.82. The molecule has 2 heterocycles. The van der Waals surface area contributed by atoms with Gasteiger partial charge in [-0.15, -0.1) is 0 Å². The maximum absolute atomic E-state index is 11.5. The van der Waals surface area contributed by atoms with Crippen molar-refractivity contribution in [1.29, 1.82) is 0 Å². The number of rotatable bonds is 2. The minimum atomic E-state index is -0.285. The number of likely N-dealkylation sites (tertiary alicyclic amines) is 1. The lowest BCUT2D eigenvalue weighted by molar-refractivity contribution is -0.130. The number of ether oxygens (including phenoxy) is 1. The average Bonchev–Trinajstić information content (AvgIpc) is 2.68. The molecule has 14 heavy (non-hydrogen) atoms. The highest BCUT2D eigenvalue weighted by molar-refractivity contribution is 5.81. The van der Waals surface area contributed by atoms with Gasteiger partial charge >= 0.3 is 6.09 Å². The third-order valence-corrected chi connectivity index (χ3v) is 2.82. The van der Waals surface area contributed by atoms with E-state index in [0.717, 1.165) is 13.0 Å². The number of nitrogens with zero attached hydrogens (tertiary/aromatic N) is 2. The van der Waals surface area contributed by atoms with Crippen molar-refractivity contribution in [1.82, 2.24) is 9.80 Å². The summed E-state index contributed by atoms with van der Waals surface area (Å²) >= 11 is 0. The van der Waals surface area contributed by atoms with Crippen LogP contribution < -0.4 is 0 Å². The molecule has 0 saturated carbocycles. The van der Waals surface area contributed by atoms with E-state index < -0.39 is 0 Å². The molecule has 2 amide bonds. The summed E-state index contributed by atoms with van der Waals surface area (Å²) in [6.45, 7) is 2.39. The number of carbonyl (C=O) groups is 2. The SMILES string of the molecule is CN1CCC(CN2CCOC2=O)C1=O. The molecule has 1 atom stereocenters. The van der Waals surface area contributed by atoms with E-state index in [-0.39, 0.29) is 17.9 Å². The zero-order valence-corrected chi connectivity index (χ0v) is 8.23. The Morgan fingerprint density at radius 2 is 2.21 bits per heavy atom. The number of amides is 2. The van der Waals surface area contributed by atoms with Gasteiger partial charge in [-0.3, -0.25) is 4.79 Å². The van der Waals surface area contributed by atoms with E-state index in [1.807, 2.05) is 0 Å². The van der Waals surface area contributed by atoms with E-state index in [2.05, 4.69) is 0 Å². The Morgan fingerprint density at radius 1 is 1.43 bits per heavy atom. The van der Waals surface area contributed by atoms with Gasteiger partial charge in [-0.05, 0) is 6.42 Å². The van der Waals surface area contributed by atoms with Crippen LogP contribution in [-0.4, -0.2) is 55.1 Å². The van der Waals surface area contributed by atoms with Crippen molar-refractivity contribution in [2.75, 3.05) is 33.3 Å². The van der Waals surface area contributed by atoms with Crippen LogP contribution in [0.1, 0.15) is 6.42 Å². The van der Waals surface area contributed by atoms with Gasteiger partial charge in [0.2, 0.25) is 5.91 Å². The fraction of sp³-hybridized carbons (Fsp3) is 0.778. The molecular weight excluding hydrogens is 184 g/mol. The van der Waals surface area contributed by atoms with Gasteiger partial charge in [-0.2, -0.15) is 0 Å². The Balaban J connectivity index is 1.91. The smallest absolute Gasteiger partial charge is 0.409 e. The summed E-state index contributed by atoms with van der Waals surface area (Å²) in [5.74, 6) is 0.121. The first-order valence-corrected chi connectivity index (χ1v) is 4.85. The van der Waals surface area contributed by atoms with Crippen LogP contribution in [0.25, 0.3) is 0 Å². The molecule has 0 aromatic heterocycles. The summed E-state index contributed by atoms with van der Waals surface area (Å²) in [6, 6.07) is 0. The summed E-state index contributed by atoms with van der Waals surface area (Å²) in [4.78, 5) is 26.0. The molecule has 0 radical (unpaired) electrons. The minimum Gasteiger partial charge on any atom is -0.448 e. The summed E-state index contributed by atoms with van der Waals surface area (Å²) in [5.41, 5.74) is 0. The first-order chi connectivity index (χ1) is 6.68. The predicted octanol–water partition coefficient (Wildman–Crippen LogP) is -0.0831. The first kappa shape index (κ1) is 9.30. The Labute approximate surface area is 82.6 Å². The van der Waals surface area contributed by atoms with E-state index in [9.17, 15) is 9.59 Å². The minimum absolute atomic E-state index is 0.0225. The monoisotopic (exact) mass is 198 g/mol. The molecule has 0 aliphatic carbocycles. The summed E-state index contributed by atoms with van der Waals surface area (Å²) in [7, 11) is 1.80. The second kappa shape index (κ2) is 3.48. The van der Waals surface area contributed by atoms with Gasteiger partial charge in [0.15, 0.2) is 0 Å². The quantitative estimate of drug-likeness (QED) is 0.623. The van der Waals surface area contributed by atoms with Crippen LogP contribution in [0.5, 0.6) is 0 Å². The Bertz CT molecular complexity index is 267. The van der Waals surface area contributed by atoms with Gasteiger partial charge < -0.3 is 14.5 Å². The van der Waals surface area contributed by atoms with E-state index in [1.165, 1.54) is 0 Å². The molecule has 5 heteroatoms. The van der Waals surface area contributed by atoms with E-state index in [1.54, 1.807) is 16.8 Å². The van der Waals surface area contributed by atoms with Crippen LogP contribution >= 0.6 is 0 Å². The normalized spacial score (nSPS) is 27.4. The van der Waals surface area contributed by atoms with Gasteiger partial charge in [0, 0.05) is 20.1 Å². The highest BCUT2D eigenvalue weighted by Gasteiger charge is 2.33. The van der Waals surface area contributed by atoms with Gasteiger partial charge in [0.05, 0.1) is 12.5 Å². The lowest BCUT2D eigenvalue weighted by Gasteiger charge is -2.16. The van der Waals surface area contributed by atoms with Crippen LogP contribution in [-0.2, 0) is 9.53 Å². The van der Waals surface area contributed by atoms with E-state index >= 15 is 0 Å². The zero-order valence-electron chi connectivity index (χ0n) is 8.23. The van der Waals surface area contributed by atoms with Crippen molar-refractivity contribution in [3.05, 3.63) is 0 Å². The number of carbonyl (C=O) groups excluding carboxylic acids is 2. The van der Waals surface area contributed by atoms with Gasteiger partial charge in [0.25, 0.3) is 0 Å². The van der Waals surface area contributed by atoms with Crippen LogP contribution in [0.4, 0.5) is 4.79 Å². The molecule has 2 aliphatic heterocycles. The third kappa shape index (κ3) is 1.54. The van der Waals surface area contributed by atoms with Crippen LogP contribution in [0, 0.1) is 5.92 Å². The molecule has 2 fully saturated rings. The Hall–Kier alpha value is -1.26. The predicted molar refractivity (Wildman–Crippen MR) is 48.7 cm³/mol. The van der Waals surface area contributed by atoms with Crippen molar-refractivity contribution in [3.63, 3.8) is 0 Å². The first-order valence-electron chi connectivity index (χ1n) is 4.85. The van der Waals surface area contributed by atoms with Gasteiger partial charge in [-0.1, -0.05) is 0 Å². The van der Waals surface area contributed by atoms with Gasteiger partial charge in [0.1, 0.15) is 6.61 Å². The molecule has 78 valence electrons. The average molecular weight is 198 g/mol. The molecule has 0 bridgehead atoms. The Kier molecular flexibility index (Phi) is 2.31. The van der Waals surface area contributed by atoms with Crippen LogP contribution in [0.3, 0.4) is 0 Å². The van der Waals surface area contributed by atoms with Crippen molar-refractivity contribution in [3.8, 4) is 0 Å². The second-order valence-electron chi connectivity index (χ2n) is 3.81. The molecule has 2 aliphatic rings. The maximum Gasteiger partial charge on any atom is 0.409 e. The van der Waals surface area contributed by atoms with Crippen LogP contribution in [0.2, 0.25) is 0 Å². The molecule has 0 N–H and O–H groups in total. The summed E-state index contributed by atoms with van der Waals surface area (Å²) in [5, 5.41) is 0. The number of hydrogen-bond donors (Lipinski definition) is 0. The van der Waals surface area contributed by atoms with E-state index in [0.29, 0.717) is 19.7 Å². The lowest BCUT2D eigenvalue weighted by Crippen LogP contribution is -2.34. The lowest BCUT2D eigenvalue weighted by atomic mass is 10.1. The molecule has 0 spiro atoms. The summed E-state index contributed by atoms with van der Waals surface area (Å²) in [6.07, 6.45) is 0.561. The van der Waals surface area contributed by atoms with Crippen molar-refractivity contribution < 1.29 is 14.3 Å². The molecule has 1 unspecified atom stereocenters. The number of cyclic esters (lactones) is 1. The largest absolute Gasteiger partial charge is 0.448 e. The fourth-order valence-corrected chi connectivity index (χ4v) is 1.92. The highest BCUT2D eigenvalue weighted by atomic mass is 16.6. The molecule has 2 saturated heterocycles. The molecule has 5 nitrogen and oxygen atoms in total. The zero-order chi connectivity index (χ0) is 10.1. The van der Waals surface area contributed by atoms with Crippen molar-refractivity contribution in [2.24, 2.45) is 5.92 Å². The standard InChI is InChI=1S/C9H14N2O3/c1-10-3-2-7(8(10)12)6-11-4-5-14-9(11)13/h7H,2-6H2,1H3. The highest BCUT2D eigenvalue weighted by Crippen LogP contribution is 2.19. The molecule has 2 rings (SSSR count). The molecule has 0 aromatic rings. The number of hydrogen-bond acceptors (Lipinski definition) is 3. The summed E-state index contributed by atoms with van der Waals surface area (Å²) < 4.78 is 4.80. The van der Waals surface area contributed by atoms with Crippen molar-refractivity contribution in [2.45, 2.75) is 6.42 Å². The maximum atomic E-state index is 11.5. The van der Waals surface area contributed by atoms with Crippen molar-refractivity contribution >= 4 is 12.0 Å². The Morgan fingerprint density at radius 3 is 2.71 bits per heavy atom. The second-order valence-corrected chi connectivity index (χ2v) is 3.81. The van der Waals surface area contributed by atoms with Gasteiger partial charge in [-0.25, -0.2) is 4.79 Å². The molecule has 0 aromatic carbocycles.